The number of H-pyrrole nitrogens is 1. The van der Waals surface area contributed by atoms with Crippen LogP contribution in [0.2, 0.25) is 0 Å². The van der Waals surface area contributed by atoms with E-state index < -0.39 is 14.9 Å². The number of nitrogens with one attached hydrogen (secondary N) is 1. The Morgan fingerprint density at radius 3 is 1.58 bits per heavy atom. The monoisotopic (exact) mass is 585 g/mol. The Hall–Kier alpha value is -5.47. The maximum absolute atomic E-state index is 14.5. The van der Waals surface area contributed by atoms with E-state index in [9.17, 15) is 18.5 Å². The maximum atomic E-state index is 14.5. The average molecular weight is 586 g/mol. The number of sulfonamides is 1. The molecule has 0 radical (unpaired) electrons. The van der Waals surface area contributed by atoms with E-state index >= 15 is 0 Å². The summed E-state index contributed by atoms with van der Waals surface area (Å²) in [5.41, 5.74) is 5.63. The molecule has 0 aliphatic heterocycles. The third-order valence-corrected chi connectivity index (χ3v) is 8.98. The molecular formula is C35H27N3O4S. The zero-order valence-corrected chi connectivity index (χ0v) is 23.8. The lowest BCUT2D eigenvalue weighted by Gasteiger charge is -2.25. The summed E-state index contributed by atoms with van der Waals surface area (Å²) in [6.07, 6.45) is 0. The Kier molecular flexibility index (Phi) is 7.59. The Balaban J connectivity index is 1.66. The van der Waals surface area contributed by atoms with Crippen LogP contribution in [0.5, 0.6) is 0 Å². The predicted molar refractivity (Wildman–Crippen MR) is 170 cm³/mol. The van der Waals surface area contributed by atoms with Crippen LogP contribution in [0.4, 0.5) is 11.5 Å². The van der Waals surface area contributed by atoms with Crippen molar-refractivity contribution in [1.82, 2.24) is 4.98 Å². The molecule has 0 saturated heterocycles. The van der Waals surface area contributed by atoms with Crippen molar-refractivity contribution in [2.75, 3.05) is 4.31 Å². The van der Waals surface area contributed by atoms with Crippen molar-refractivity contribution >= 4 is 21.5 Å². The second-order valence-corrected chi connectivity index (χ2v) is 11.8. The van der Waals surface area contributed by atoms with Gasteiger partial charge in [0.1, 0.15) is 5.82 Å². The van der Waals surface area contributed by atoms with Gasteiger partial charge in [0, 0.05) is 23.3 Å². The lowest BCUT2D eigenvalue weighted by molar-refractivity contribution is -0.384. The van der Waals surface area contributed by atoms with Gasteiger partial charge in [-0.3, -0.25) is 10.1 Å². The number of aromatic amines is 1. The van der Waals surface area contributed by atoms with Crippen LogP contribution in [-0.2, 0) is 16.6 Å². The number of nitrogens with zero attached hydrogens (tertiary/aromatic N) is 2. The highest BCUT2D eigenvalue weighted by atomic mass is 32.2. The highest BCUT2D eigenvalue weighted by Gasteiger charge is 2.32. The van der Waals surface area contributed by atoms with Gasteiger partial charge < -0.3 is 4.98 Å². The standard InChI is InChI=1S/C35H27N3O4S/c39-38(40)30-21-23-31(24-22-30)43(41,42)37(25-26-13-5-1-6-14-26)35-33(28-17-9-3-10-18-28)32(27-15-7-2-8-16-27)34(36-35)29-19-11-4-12-20-29/h1-24,36H,25H2. The normalized spacial score (nSPS) is 11.3. The van der Waals surface area contributed by atoms with Gasteiger partial charge in [-0.15, -0.1) is 0 Å². The maximum Gasteiger partial charge on any atom is 0.269 e. The second kappa shape index (κ2) is 11.8. The number of benzene rings is 5. The van der Waals surface area contributed by atoms with Crippen molar-refractivity contribution in [3.63, 3.8) is 0 Å². The lowest BCUT2D eigenvalue weighted by Crippen LogP contribution is -2.31. The van der Waals surface area contributed by atoms with E-state index in [1.54, 1.807) is 0 Å². The Bertz CT molecular complexity index is 1960. The summed E-state index contributed by atoms with van der Waals surface area (Å²) in [6.45, 7) is 0.0307. The summed E-state index contributed by atoms with van der Waals surface area (Å²) >= 11 is 0. The van der Waals surface area contributed by atoms with Crippen LogP contribution >= 0.6 is 0 Å². The van der Waals surface area contributed by atoms with Crippen molar-refractivity contribution in [3.8, 4) is 33.5 Å². The number of anilines is 1. The van der Waals surface area contributed by atoms with E-state index in [0.29, 0.717) is 5.82 Å². The zero-order valence-electron chi connectivity index (χ0n) is 23.0. The Labute approximate surface area is 249 Å². The summed E-state index contributed by atoms with van der Waals surface area (Å²) in [6, 6.07) is 43.8. The van der Waals surface area contributed by atoms with Crippen molar-refractivity contribution in [3.05, 3.63) is 161 Å². The number of nitro groups is 1. The molecule has 1 heterocycles. The predicted octanol–water partition coefficient (Wildman–Crippen LogP) is 8.32. The molecule has 6 aromatic rings. The number of rotatable bonds is 9. The molecule has 6 rings (SSSR count). The number of hydrogen-bond donors (Lipinski definition) is 1. The third-order valence-electron chi connectivity index (χ3n) is 7.22. The number of non-ortho nitro benzene ring substituents is 1. The van der Waals surface area contributed by atoms with Gasteiger partial charge in [0.25, 0.3) is 15.7 Å². The van der Waals surface area contributed by atoms with Gasteiger partial charge in [0.15, 0.2) is 0 Å². The molecule has 1 N–H and O–H groups in total. The molecule has 1 aromatic heterocycles. The van der Waals surface area contributed by atoms with Gasteiger partial charge in [-0.2, -0.15) is 0 Å². The smallest absolute Gasteiger partial charge is 0.269 e. The Morgan fingerprint density at radius 1 is 0.605 bits per heavy atom. The molecule has 43 heavy (non-hydrogen) atoms. The molecule has 8 heteroatoms. The minimum absolute atomic E-state index is 0.0307. The molecule has 0 bridgehead atoms. The van der Waals surface area contributed by atoms with Crippen molar-refractivity contribution < 1.29 is 13.3 Å². The van der Waals surface area contributed by atoms with Gasteiger partial charge in [0.05, 0.1) is 22.1 Å². The van der Waals surface area contributed by atoms with E-state index in [-0.39, 0.29) is 17.1 Å². The van der Waals surface area contributed by atoms with E-state index in [0.717, 1.165) is 39.1 Å². The number of aromatic nitrogens is 1. The fraction of sp³-hybridized carbons (Fsp3) is 0.0286. The van der Waals surface area contributed by atoms with E-state index in [1.165, 1.54) is 28.6 Å². The third kappa shape index (κ3) is 5.56. The quantitative estimate of drug-likeness (QED) is 0.136. The van der Waals surface area contributed by atoms with Crippen LogP contribution < -0.4 is 4.31 Å². The minimum Gasteiger partial charge on any atom is -0.340 e. The summed E-state index contributed by atoms with van der Waals surface area (Å²) in [4.78, 5) is 14.2. The summed E-state index contributed by atoms with van der Waals surface area (Å²) in [5, 5.41) is 11.3. The summed E-state index contributed by atoms with van der Waals surface area (Å²) in [7, 11) is -4.21. The number of hydrogen-bond acceptors (Lipinski definition) is 4. The SMILES string of the molecule is O=[N+]([O-])c1ccc(S(=O)(=O)N(Cc2ccccc2)c2[nH]c(-c3ccccc3)c(-c3ccccc3)c2-c2ccccc2)cc1. The van der Waals surface area contributed by atoms with Gasteiger partial charge >= 0.3 is 0 Å². The van der Waals surface area contributed by atoms with Crippen LogP contribution in [0.15, 0.2) is 150 Å². The molecule has 0 saturated carbocycles. The molecule has 212 valence electrons. The van der Waals surface area contributed by atoms with E-state index in [4.69, 9.17) is 0 Å². The van der Waals surface area contributed by atoms with Crippen LogP contribution in [0, 0.1) is 10.1 Å². The van der Waals surface area contributed by atoms with Crippen LogP contribution in [0.3, 0.4) is 0 Å². The van der Waals surface area contributed by atoms with Crippen LogP contribution in [0.25, 0.3) is 33.5 Å². The second-order valence-electron chi connectivity index (χ2n) is 9.94. The fourth-order valence-electron chi connectivity index (χ4n) is 5.18. The van der Waals surface area contributed by atoms with Gasteiger partial charge in [-0.1, -0.05) is 121 Å². The van der Waals surface area contributed by atoms with Crippen LogP contribution in [-0.4, -0.2) is 18.3 Å². The molecule has 7 nitrogen and oxygen atoms in total. The average Bonchev–Trinajstić information content (AvgIpc) is 3.45. The van der Waals surface area contributed by atoms with Crippen molar-refractivity contribution in [2.45, 2.75) is 11.4 Å². The van der Waals surface area contributed by atoms with E-state index in [2.05, 4.69) is 4.98 Å². The highest BCUT2D eigenvalue weighted by molar-refractivity contribution is 7.92. The number of nitro benzene ring substituents is 1. The highest BCUT2D eigenvalue weighted by Crippen LogP contribution is 2.47. The lowest BCUT2D eigenvalue weighted by atomic mass is 9.94. The topological polar surface area (TPSA) is 96.3 Å². The van der Waals surface area contributed by atoms with Gasteiger partial charge in [-0.25, -0.2) is 12.7 Å². The first-order chi connectivity index (χ1) is 20.9. The largest absolute Gasteiger partial charge is 0.340 e. The molecule has 0 fully saturated rings. The first-order valence-corrected chi connectivity index (χ1v) is 15.1. The zero-order chi connectivity index (χ0) is 29.8. The first kappa shape index (κ1) is 27.7. The first-order valence-electron chi connectivity index (χ1n) is 13.7. The molecule has 5 aromatic carbocycles. The van der Waals surface area contributed by atoms with E-state index in [1.807, 2.05) is 121 Å². The van der Waals surface area contributed by atoms with Gasteiger partial charge in [-0.05, 0) is 34.4 Å². The molecule has 0 unspecified atom stereocenters. The minimum atomic E-state index is -4.21. The Morgan fingerprint density at radius 2 is 1.07 bits per heavy atom. The molecule has 0 atom stereocenters. The van der Waals surface area contributed by atoms with Crippen LogP contribution in [0.1, 0.15) is 5.56 Å². The fourth-order valence-corrected chi connectivity index (χ4v) is 6.61. The molecule has 0 aliphatic rings. The molecule has 0 amide bonds. The molecule has 0 spiro atoms. The molecular weight excluding hydrogens is 558 g/mol. The van der Waals surface area contributed by atoms with Crippen molar-refractivity contribution in [1.29, 1.82) is 0 Å². The van der Waals surface area contributed by atoms with Crippen molar-refractivity contribution in [2.24, 2.45) is 0 Å². The summed E-state index contributed by atoms with van der Waals surface area (Å²) in [5.74, 6) is 0.395. The summed E-state index contributed by atoms with van der Waals surface area (Å²) < 4.78 is 30.4. The van der Waals surface area contributed by atoms with Gasteiger partial charge in [0.2, 0.25) is 0 Å². The molecule has 0 aliphatic carbocycles.